The molecule has 0 aliphatic carbocycles. The summed E-state index contributed by atoms with van der Waals surface area (Å²) in [7, 11) is 4.18. The first-order valence-electron chi connectivity index (χ1n) is 10.2. The van der Waals surface area contributed by atoms with E-state index < -0.39 is 0 Å². The Hall–Kier alpha value is -2.17. The van der Waals surface area contributed by atoms with Crippen molar-refractivity contribution in [1.29, 1.82) is 0 Å². The zero-order chi connectivity index (χ0) is 19.9. The molecule has 0 aromatic heterocycles. The van der Waals surface area contributed by atoms with Crippen LogP contribution in [-0.2, 0) is 16.0 Å². The molecule has 1 aliphatic heterocycles. The first-order valence-corrected chi connectivity index (χ1v) is 10.2. The maximum atomic E-state index is 11.8. The minimum atomic E-state index is 0.00836. The number of hydrogen-bond acceptors (Lipinski definition) is 4. The summed E-state index contributed by atoms with van der Waals surface area (Å²) in [6.45, 7) is 5.56. The minimum Gasteiger partial charge on any atom is -0.378 e. The molecule has 150 valence electrons. The third-order valence-electron chi connectivity index (χ3n) is 5.61. The van der Waals surface area contributed by atoms with Crippen LogP contribution in [0.2, 0.25) is 0 Å². The fraction of sp³-hybridized carbons (Fsp3) is 0.458. The number of rotatable bonds is 8. The van der Waals surface area contributed by atoms with Crippen LogP contribution in [0.4, 0.5) is 5.69 Å². The lowest BCUT2D eigenvalue weighted by molar-refractivity contribution is -0.111. The highest BCUT2D eigenvalue weighted by atomic mass is 16.5. The van der Waals surface area contributed by atoms with Gasteiger partial charge in [-0.05, 0) is 57.1 Å². The van der Waals surface area contributed by atoms with Crippen LogP contribution >= 0.6 is 0 Å². The third kappa shape index (κ3) is 5.43. The van der Waals surface area contributed by atoms with E-state index in [2.05, 4.69) is 79.3 Å². The maximum Gasteiger partial charge on any atom is 0.123 e. The van der Waals surface area contributed by atoms with Crippen molar-refractivity contribution in [1.82, 2.24) is 4.90 Å². The van der Waals surface area contributed by atoms with Crippen molar-refractivity contribution in [2.24, 2.45) is 5.92 Å². The Labute approximate surface area is 169 Å². The van der Waals surface area contributed by atoms with E-state index in [0.717, 1.165) is 45.4 Å². The van der Waals surface area contributed by atoms with Gasteiger partial charge in [-0.1, -0.05) is 42.0 Å². The summed E-state index contributed by atoms with van der Waals surface area (Å²) in [5, 5.41) is 0. The van der Waals surface area contributed by atoms with Crippen LogP contribution in [0.1, 0.15) is 29.2 Å². The predicted molar refractivity (Wildman–Crippen MR) is 115 cm³/mol. The van der Waals surface area contributed by atoms with Crippen molar-refractivity contribution >= 4 is 12.0 Å². The molecular formula is C24H32N2O2. The second-order valence-corrected chi connectivity index (χ2v) is 7.99. The van der Waals surface area contributed by atoms with E-state index in [1.807, 2.05) is 0 Å². The van der Waals surface area contributed by atoms with Crippen LogP contribution in [0, 0.1) is 12.8 Å². The van der Waals surface area contributed by atoms with Gasteiger partial charge in [0, 0.05) is 30.7 Å². The summed E-state index contributed by atoms with van der Waals surface area (Å²) >= 11 is 0. The van der Waals surface area contributed by atoms with Gasteiger partial charge < -0.3 is 19.3 Å². The quantitative estimate of drug-likeness (QED) is 0.651. The van der Waals surface area contributed by atoms with E-state index in [4.69, 9.17) is 4.74 Å². The summed E-state index contributed by atoms with van der Waals surface area (Å²) in [6.07, 6.45) is 2.74. The van der Waals surface area contributed by atoms with Crippen LogP contribution in [0.5, 0.6) is 0 Å². The molecule has 4 heteroatoms. The Kier molecular flexibility index (Phi) is 7.24. The molecule has 4 nitrogen and oxygen atoms in total. The molecule has 0 N–H and O–H groups in total. The standard InChI is InChI=1S/C24H32N2O2/c1-19-4-6-20(7-5-19)16-21(18-27)17-24(25(2)3)22-8-10-23(11-9-22)26-12-14-28-15-13-26/h4-11,18,21,24H,12-17H2,1-3H3. The number of benzene rings is 2. The molecule has 2 atom stereocenters. The summed E-state index contributed by atoms with van der Waals surface area (Å²) in [5.74, 6) is 0.00836. The number of nitrogens with zero attached hydrogens (tertiary/aromatic N) is 2. The van der Waals surface area contributed by atoms with E-state index in [9.17, 15) is 4.79 Å². The van der Waals surface area contributed by atoms with E-state index in [1.165, 1.54) is 22.4 Å². The van der Waals surface area contributed by atoms with Gasteiger partial charge in [0.05, 0.1) is 13.2 Å². The number of aldehydes is 1. The van der Waals surface area contributed by atoms with Crippen LogP contribution in [0.3, 0.4) is 0 Å². The van der Waals surface area contributed by atoms with Gasteiger partial charge in [0.25, 0.3) is 0 Å². The maximum absolute atomic E-state index is 11.8. The Bertz CT molecular complexity index is 734. The molecule has 0 radical (unpaired) electrons. The van der Waals surface area contributed by atoms with Gasteiger partial charge in [-0.25, -0.2) is 0 Å². The van der Waals surface area contributed by atoms with E-state index in [0.29, 0.717) is 0 Å². The summed E-state index contributed by atoms with van der Waals surface area (Å²) < 4.78 is 5.44. The van der Waals surface area contributed by atoms with Crippen molar-refractivity contribution in [2.45, 2.75) is 25.8 Å². The zero-order valence-corrected chi connectivity index (χ0v) is 17.3. The fourth-order valence-electron chi connectivity index (χ4n) is 3.87. The molecule has 2 aromatic carbocycles. The molecule has 1 aliphatic rings. The van der Waals surface area contributed by atoms with Gasteiger partial charge in [-0.3, -0.25) is 0 Å². The topological polar surface area (TPSA) is 32.8 Å². The van der Waals surface area contributed by atoms with Crippen LogP contribution in [0.15, 0.2) is 48.5 Å². The number of carbonyl (C=O) groups is 1. The van der Waals surface area contributed by atoms with Gasteiger partial charge in [0.15, 0.2) is 0 Å². The molecule has 0 amide bonds. The fourth-order valence-corrected chi connectivity index (χ4v) is 3.87. The lowest BCUT2D eigenvalue weighted by atomic mass is 9.90. The largest absolute Gasteiger partial charge is 0.378 e. The van der Waals surface area contributed by atoms with E-state index >= 15 is 0 Å². The highest BCUT2D eigenvalue weighted by Gasteiger charge is 2.21. The molecule has 1 fully saturated rings. The molecule has 1 saturated heterocycles. The van der Waals surface area contributed by atoms with Gasteiger partial charge in [-0.2, -0.15) is 0 Å². The number of ether oxygens (including phenoxy) is 1. The second kappa shape index (κ2) is 9.85. The van der Waals surface area contributed by atoms with Crippen molar-refractivity contribution in [3.63, 3.8) is 0 Å². The molecule has 2 unspecified atom stereocenters. The number of aryl methyl sites for hydroxylation is 1. The molecule has 0 spiro atoms. The van der Waals surface area contributed by atoms with Crippen molar-refractivity contribution in [3.8, 4) is 0 Å². The molecule has 3 rings (SSSR count). The molecular weight excluding hydrogens is 348 g/mol. The summed E-state index contributed by atoms with van der Waals surface area (Å²) in [4.78, 5) is 16.4. The SMILES string of the molecule is Cc1ccc(CC(C=O)CC(c2ccc(N3CCOCC3)cc2)N(C)C)cc1. The Balaban J connectivity index is 1.69. The Morgan fingerprint density at radius 3 is 2.25 bits per heavy atom. The minimum absolute atomic E-state index is 0.00836. The van der Waals surface area contributed by atoms with Crippen molar-refractivity contribution < 1.29 is 9.53 Å². The zero-order valence-electron chi connectivity index (χ0n) is 17.3. The lowest BCUT2D eigenvalue weighted by Gasteiger charge is -2.30. The molecule has 0 bridgehead atoms. The van der Waals surface area contributed by atoms with Gasteiger partial charge in [0.1, 0.15) is 6.29 Å². The van der Waals surface area contributed by atoms with Gasteiger partial charge in [-0.15, -0.1) is 0 Å². The summed E-state index contributed by atoms with van der Waals surface area (Å²) in [5.41, 5.74) is 4.98. The summed E-state index contributed by atoms with van der Waals surface area (Å²) in [6, 6.07) is 17.5. The molecule has 0 saturated carbocycles. The molecule has 1 heterocycles. The van der Waals surface area contributed by atoms with Crippen LogP contribution < -0.4 is 4.90 Å². The average molecular weight is 381 g/mol. The number of carbonyl (C=O) groups excluding carboxylic acids is 1. The smallest absolute Gasteiger partial charge is 0.123 e. The first kappa shape index (κ1) is 20.6. The Morgan fingerprint density at radius 2 is 1.68 bits per heavy atom. The lowest BCUT2D eigenvalue weighted by Crippen LogP contribution is -2.36. The van der Waals surface area contributed by atoms with Crippen molar-refractivity contribution in [3.05, 3.63) is 65.2 Å². The number of morpholine rings is 1. The molecule has 2 aromatic rings. The first-order chi connectivity index (χ1) is 13.6. The van der Waals surface area contributed by atoms with E-state index in [-0.39, 0.29) is 12.0 Å². The van der Waals surface area contributed by atoms with Crippen molar-refractivity contribution in [2.75, 3.05) is 45.3 Å². The van der Waals surface area contributed by atoms with Crippen LogP contribution in [0.25, 0.3) is 0 Å². The van der Waals surface area contributed by atoms with Gasteiger partial charge in [0.2, 0.25) is 0 Å². The molecule has 28 heavy (non-hydrogen) atoms. The Morgan fingerprint density at radius 1 is 1.04 bits per heavy atom. The highest BCUT2D eigenvalue weighted by molar-refractivity contribution is 5.55. The van der Waals surface area contributed by atoms with Crippen LogP contribution in [-0.4, -0.2) is 51.6 Å². The highest BCUT2D eigenvalue weighted by Crippen LogP contribution is 2.29. The second-order valence-electron chi connectivity index (χ2n) is 7.99. The predicted octanol–water partition coefficient (Wildman–Crippen LogP) is 3.88. The third-order valence-corrected chi connectivity index (χ3v) is 5.61. The normalized spacial score (nSPS) is 16.8. The average Bonchev–Trinajstić information content (AvgIpc) is 2.73. The van der Waals surface area contributed by atoms with Gasteiger partial charge >= 0.3 is 0 Å². The monoisotopic (exact) mass is 380 g/mol. The number of hydrogen-bond donors (Lipinski definition) is 0. The van der Waals surface area contributed by atoms with E-state index in [1.54, 1.807) is 0 Å². The number of anilines is 1.